The zero-order chi connectivity index (χ0) is 10.9. The van der Waals surface area contributed by atoms with Gasteiger partial charge >= 0.3 is 0 Å². The summed E-state index contributed by atoms with van der Waals surface area (Å²) in [7, 11) is -2.78. The highest BCUT2D eigenvalue weighted by atomic mass is 32.2. The molecule has 0 bridgehead atoms. The van der Waals surface area contributed by atoms with E-state index in [0.717, 1.165) is 19.0 Å². The zero-order valence-electron chi connectivity index (χ0n) is 9.46. The number of sulfone groups is 1. The van der Waals surface area contributed by atoms with E-state index >= 15 is 0 Å². The molecule has 1 N–H and O–H groups in total. The van der Waals surface area contributed by atoms with E-state index in [1.54, 1.807) is 0 Å². The van der Waals surface area contributed by atoms with Gasteiger partial charge in [0.25, 0.3) is 0 Å². The van der Waals surface area contributed by atoms with E-state index < -0.39 is 9.84 Å². The van der Waals surface area contributed by atoms with E-state index in [9.17, 15) is 8.42 Å². The van der Waals surface area contributed by atoms with E-state index in [2.05, 4.69) is 5.32 Å². The molecule has 2 aliphatic rings. The summed E-state index contributed by atoms with van der Waals surface area (Å²) in [6.45, 7) is 1.03. The lowest BCUT2D eigenvalue weighted by molar-refractivity contribution is 0.124. The maximum atomic E-state index is 11.1. The molecule has 2 saturated carbocycles. The first-order chi connectivity index (χ1) is 6.99. The standard InChI is InChI=1S/C11H21NO2S/c1-15(13,14)8-7-11(5-2-6-11)9-12-10-3-4-10/h10,12H,2-9H2,1H3. The third-order valence-electron chi connectivity index (χ3n) is 3.76. The molecule has 0 aromatic carbocycles. The minimum Gasteiger partial charge on any atom is -0.313 e. The van der Waals surface area contributed by atoms with Gasteiger partial charge in [-0.2, -0.15) is 0 Å². The van der Waals surface area contributed by atoms with Gasteiger partial charge in [-0.1, -0.05) is 6.42 Å². The van der Waals surface area contributed by atoms with Gasteiger partial charge < -0.3 is 5.32 Å². The van der Waals surface area contributed by atoms with Crippen LogP contribution in [0.15, 0.2) is 0 Å². The van der Waals surface area contributed by atoms with Crippen LogP contribution >= 0.6 is 0 Å². The van der Waals surface area contributed by atoms with Crippen molar-refractivity contribution in [1.29, 1.82) is 0 Å². The Bertz CT molecular complexity index is 315. The monoisotopic (exact) mass is 231 g/mol. The van der Waals surface area contributed by atoms with Gasteiger partial charge in [0.15, 0.2) is 0 Å². The SMILES string of the molecule is CS(=O)(=O)CCC1(CNC2CC2)CCC1. The Labute approximate surface area is 92.6 Å². The molecule has 2 rings (SSSR count). The lowest BCUT2D eigenvalue weighted by Gasteiger charge is -2.42. The lowest BCUT2D eigenvalue weighted by Crippen LogP contribution is -2.41. The highest BCUT2D eigenvalue weighted by molar-refractivity contribution is 7.90. The average Bonchev–Trinajstić information content (AvgIpc) is 2.83. The van der Waals surface area contributed by atoms with Crippen LogP contribution in [0.5, 0.6) is 0 Å². The van der Waals surface area contributed by atoms with E-state index in [4.69, 9.17) is 0 Å². The number of hydrogen-bond acceptors (Lipinski definition) is 3. The predicted octanol–water partition coefficient (Wildman–Crippen LogP) is 1.34. The van der Waals surface area contributed by atoms with Crippen LogP contribution in [0.1, 0.15) is 38.5 Å². The third kappa shape index (κ3) is 3.45. The maximum Gasteiger partial charge on any atom is 0.147 e. The van der Waals surface area contributed by atoms with Gasteiger partial charge in [0.05, 0.1) is 5.75 Å². The summed E-state index contributed by atoms with van der Waals surface area (Å²) in [6, 6.07) is 0.737. The van der Waals surface area contributed by atoms with Gasteiger partial charge in [-0.05, 0) is 37.5 Å². The van der Waals surface area contributed by atoms with Gasteiger partial charge in [-0.25, -0.2) is 8.42 Å². The molecule has 0 aromatic rings. The fourth-order valence-corrected chi connectivity index (χ4v) is 3.05. The van der Waals surface area contributed by atoms with E-state index in [0.29, 0.717) is 11.2 Å². The van der Waals surface area contributed by atoms with E-state index in [1.165, 1.54) is 38.4 Å². The second-order valence-electron chi connectivity index (χ2n) is 5.39. The highest BCUT2D eigenvalue weighted by Gasteiger charge is 2.38. The summed E-state index contributed by atoms with van der Waals surface area (Å²) in [5.74, 6) is 0.360. The first-order valence-corrected chi connectivity index (χ1v) is 7.96. The average molecular weight is 231 g/mol. The van der Waals surface area contributed by atoms with Crippen LogP contribution in [0.2, 0.25) is 0 Å². The quantitative estimate of drug-likeness (QED) is 0.750. The van der Waals surface area contributed by atoms with Gasteiger partial charge in [-0.15, -0.1) is 0 Å². The second kappa shape index (κ2) is 4.06. The van der Waals surface area contributed by atoms with Gasteiger partial charge in [-0.3, -0.25) is 0 Å². The van der Waals surface area contributed by atoms with Crippen LogP contribution in [0, 0.1) is 5.41 Å². The fourth-order valence-electron chi connectivity index (χ4n) is 2.24. The summed E-state index contributed by atoms with van der Waals surface area (Å²) >= 11 is 0. The zero-order valence-corrected chi connectivity index (χ0v) is 10.3. The van der Waals surface area contributed by atoms with Crippen molar-refractivity contribution < 1.29 is 8.42 Å². The topological polar surface area (TPSA) is 46.2 Å². The summed E-state index contributed by atoms with van der Waals surface area (Å²) in [5, 5.41) is 3.54. The van der Waals surface area contributed by atoms with Crippen molar-refractivity contribution in [2.45, 2.75) is 44.6 Å². The molecule has 88 valence electrons. The third-order valence-corrected chi connectivity index (χ3v) is 4.71. The molecule has 0 atom stereocenters. The summed E-state index contributed by atoms with van der Waals surface area (Å²) < 4.78 is 22.3. The van der Waals surface area contributed by atoms with Crippen LogP contribution in [0.4, 0.5) is 0 Å². The first-order valence-electron chi connectivity index (χ1n) is 5.90. The fraction of sp³-hybridized carbons (Fsp3) is 1.00. The van der Waals surface area contributed by atoms with Crippen LogP contribution < -0.4 is 5.32 Å². The molecule has 2 aliphatic carbocycles. The van der Waals surface area contributed by atoms with Crippen molar-refractivity contribution >= 4 is 9.84 Å². The molecule has 0 aliphatic heterocycles. The molecule has 2 fully saturated rings. The van der Waals surface area contributed by atoms with Crippen LogP contribution in [-0.2, 0) is 9.84 Å². The van der Waals surface area contributed by atoms with Crippen LogP contribution in [0.25, 0.3) is 0 Å². The van der Waals surface area contributed by atoms with Crippen molar-refractivity contribution in [1.82, 2.24) is 5.32 Å². The number of rotatable bonds is 6. The molecule has 0 heterocycles. The molecule has 4 heteroatoms. The molecular formula is C11H21NO2S. The van der Waals surface area contributed by atoms with Crippen molar-refractivity contribution in [2.24, 2.45) is 5.41 Å². The maximum absolute atomic E-state index is 11.1. The molecule has 15 heavy (non-hydrogen) atoms. The van der Waals surface area contributed by atoms with Crippen molar-refractivity contribution in [3.8, 4) is 0 Å². The molecule has 0 radical (unpaired) electrons. The minimum absolute atomic E-state index is 0.311. The predicted molar refractivity (Wildman–Crippen MR) is 61.6 cm³/mol. The number of hydrogen-bond donors (Lipinski definition) is 1. The van der Waals surface area contributed by atoms with Gasteiger partial charge in [0.1, 0.15) is 9.84 Å². The van der Waals surface area contributed by atoms with E-state index in [1.807, 2.05) is 0 Å². The molecule has 0 spiro atoms. The Morgan fingerprint density at radius 1 is 1.33 bits per heavy atom. The summed E-state index contributed by atoms with van der Waals surface area (Å²) in [4.78, 5) is 0. The largest absolute Gasteiger partial charge is 0.313 e. The summed E-state index contributed by atoms with van der Waals surface area (Å²) in [6.07, 6.45) is 8.50. The minimum atomic E-state index is -2.78. The number of nitrogens with one attached hydrogen (secondary N) is 1. The Morgan fingerprint density at radius 3 is 2.40 bits per heavy atom. The molecule has 0 saturated heterocycles. The second-order valence-corrected chi connectivity index (χ2v) is 7.65. The molecular weight excluding hydrogens is 210 g/mol. The Morgan fingerprint density at radius 2 is 2.00 bits per heavy atom. The van der Waals surface area contributed by atoms with Crippen LogP contribution in [0.3, 0.4) is 0 Å². The molecule has 0 amide bonds. The molecule has 0 unspecified atom stereocenters. The Kier molecular flexibility index (Phi) is 3.08. The Balaban J connectivity index is 1.78. The van der Waals surface area contributed by atoms with Crippen LogP contribution in [-0.4, -0.2) is 33.0 Å². The smallest absolute Gasteiger partial charge is 0.147 e. The van der Waals surface area contributed by atoms with E-state index in [-0.39, 0.29) is 0 Å². The van der Waals surface area contributed by atoms with Crippen molar-refractivity contribution in [3.63, 3.8) is 0 Å². The van der Waals surface area contributed by atoms with Crippen molar-refractivity contribution in [2.75, 3.05) is 18.6 Å². The molecule has 3 nitrogen and oxygen atoms in total. The lowest BCUT2D eigenvalue weighted by atomic mass is 9.67. The van der Waals surface area contributed by atoms with Gasteiger partial charge in [0.2, 0.25) is 0 Å². The highest BCUT2D eigenvalue weighted by Crippen LogP contribution is 2.44. The Hall–Kier alpha value is -0.0900. The normalized spacial score (nSPS) is 24.9. The van der Waals surface area contributed by atoms with Crippen molar-refractivity contribution in [3.05, 3.63) is 0 Å². The van der Waals surface area contributed by atoms with Gasteiger partial charge in [0, 0.05) is 18.8 Å². The first kappa shape index (κ1) is 11.4. The molecule has 0 aromatic heterocycles. The summed E-state index contributed by atoms with van der Waals surface area (Å²) in [5.41, 5.74) is 0.311.